The van der Waals surface area contributed by atoms with E-state index in [9.17, 15) is 9.59 Å². The Morgan fingerprint density at radius 3 is 2.83 bits per heavy atom. The lowest BCUT2D eigenvalue weighted by Crippen LogP contribution is -2.40. The Kier molecular flexibility index (Phi) is 6.21. The van der Waals surface area contributed by atoms with Crippen molar-refractivity contribution in [1.29, 1.82) is 0 Å². The molecule has 0 aliphatic heterocycles. The predicted octanol–water partition coefficient (Wildman–Crippen LogP) is 2.84. The molecule has 0 fully saturated rings. The van der Waals surface area contributed by atoms with Crippen molar-refractivity contribution < 1.29 is 14.7 Å². The molecule has 1 unspecified atom stereocenters. The Bertz CT molecular complexity index is 417. The lowest BCUT2D eigenvalue weighted by Gasteiger charge is -2.13. The molecule has 1 aromatic heterocycles. The molecule has 0 aromatic carbocycles. The van der Waals surface area contributed by atoms with Crippen LogP contribution in [0.15, 0.2) is 16.3 Å². The van der Waals surface area contributed by atoms with E-state index in [4.69, 9.17) is 5.11 Å². The average Bonchev–Trinajstić information content (AvgIpc) is 2.82. The third-order valence-electron chi connectivity index (χ3n) is 2.51. The molecule has 2 N–H and O–H groups in total. The topological polar surface area (TPSA) is 66.4 Å². The van der Waals surface area contributed by atoms with Gasteiger partial charge in [-0.15, -0.1) is 23.1 Å². The number of nitrogens with one attached hydrogen (secondary N) is 1. The minimum absolute atomic E-state index is 0.294. The van der Waals surface area contributed by atoms with Crippen LogP contribution in [0.5, 0.6) is 0 Å². The first kappa shape index (κ1) is 15.0. The van der Waals surface area contributed by atoms with E-state index >= 15 is 0 Å². The number of thiophene rings is 1. The highest BCUT2D eigenvalue weighted by Crippen LogP contribution is 2.25. The second-order valence-electron chi connectivity index (χ2n) is 3.82. The first-order valence-electron chi connectivity index (χ1n) is 5.75. The van der Waals surface area contributed by atoms with Gasteiger partial charge in [0.2, 0.25) is 0 Å². The SMILES string of the molecule is CCCCC(NC(=O)c1sccc1SC)C(=O)O. The van der Waals surface area contributed by atoms with Crippen LogP contribution < -0.4 is 5.32 Å². The van der Waals surface area contributed by atoms with Crippen LogP contribution in [0.1, 0.15) is 35.9 Å². The lowest BCUT2D eigenvalue weighted by molar-refractivity contribution is -0.139. The van der Waals surface area contributed by atoms with Crippen molar-refractivity contribution in [1.82, 2.24) is 5.32 Å². The molecular weight excluding hydrogens is 270 g/mol. The highest BCUT2D eigenvalue weighted by molar-refractivity contribution is 7.98. The van der Waals surface area contributed by atoms with E-state index in [2.05, 4.69) is 5.32 Å². The van der Waals surface area contributed by atoms with E-state index in [-0.39, 0.29) is 5.91 Å². The van der Waals surface area contributed by atoms with Crippen molar-refractivity contribution in [3.63, 3.8) is 0 Å². The van der Waals surface area contributed by atoms with Gasteiger partial charge in [0.25, 0.3) is 5.91 Å². The average molecular weight is 287 g/mol. The van der Waals surface area contributed by atoms with Crippen LogP contribution in [0.2, 0.25) is 0 Å². The zero-order valence-corrected chi connectivity index (χ0v) is 12.1. The molecule has 1 rings (SSSR count). The van der Waals surface area contributed by atoms with Gasteiger partial charge in [-0.2, -0.15) is 0 Å². The summed E-state index contributed by atoms with van der Waals surface area (Å²) in [6, 6.07) is 1.07. The quantitative estimate of drug-likeness (QED) is 0.757. The molecule has 1 aromatic rings. The van der Waals surface area contributed by atoms with Gasteiger partial charge in [0.15, 0.2) is 0 Å². The summed E-state index contributed by atoms with van der Waals surface area (Å²) in [5.41, 5.74) is 0. The van der Waals surface area contributed by atoms with Crippen molar-refractivity contribution in [3.8, 4) is 0 Å². The second-order valence-corrected chi connectivity index (χ2v) is 5.59. The van der Waals surface area contributed by atoms with Crippen molar-refractivity contribution in [2.75, 3.05) is 6.26 Å². The number of rotatable bonds is 7. The molecule has 1 atom stereocenters. The number of carbonyl (C=O) groups is 2. The number of hydrogen-bond donors (Lipinski definition) is 2. The molecule has 0 bridgehead atoms. The number of aliphatic carboxylic acids is 1. The Labute approximate surface area is 115 Å². The Morgan fingerprint density at radius 2 is 2.28 bits per heavy atom. The third-order valence-corrected chi connectivity index (χ3v) is 4.33. The van der Waals surface area contributed by atoms with Crippen LogP contribution in [-0.4, -0.2) is 29.3 Å². The minimum Gasteiger partial charge on any atom is -0.480 e. The van der Waals surface area contributed by atoms with Crippen LogP contribution in [-0.2, 0) is 4.79 Å². The van der Waals surface area contributed by atoms with Crippen LogP contribution in [0.3, 0.4) is 0 Å². The number of carbonyl (C=O) groups excluding carboxylic acids is 1. The van der Waals surface area contributed by atoms with Crippen molar-refractivity contribution in [2.45, 2.75) is 37.1 Å². The summed E-state index contributed by atoms with van der Waals surface area (Å²) >= 11 is 2.82. The summed E-state index contributed by atoms with van der Waals surface area (Å²) in [4.78, 5) is 24.5. The summed E-state index contributed by atoms with van der Waals surface area (Å²) in [6.07, 6.45) is 4.06. The zero-order valence-electron chi connectivity index (χ0n) is 10.4. The van der Waals surface area contributed by atoms with E-state index < -0.39 is 12.0 Å². The fraction of sp³-hybridized carbons (Fsp3) is 0.500. The van der Waals surface area contributed by atoms with Gasteiger partial charge in [0.05, 0.1) is 0 Å². The molecule has 6 heteroatoms. The molecule has 0 spiro atoms. The monoisotopic (exact) mass is 287 g/mol. The van der Waals surface area contributed by atoms with Crippen molar-refractivity contribution in [2.24, 2.45) is 0 Å². The van der Waals surface area contributed by atoms with E-state index in [1.807, 2.05) is 24.6 Å². The van der Waals surface area contributed by atoms with E-state index in [0.717, 1.165) is 17.7 Å². The fourth-order valence-electron chi connectivity index (χ4n) is 1.51. The number of thioether (sulfide) groups is 1. The molecule has 100 valence electrons. The number of carboxylic acids is 1. The van der Waals surface area contributed by atoms with Crippen LogP contribution in [0.25, 0.3) is 0 Å². The molecule has 1 amide bonds. The van der Waals surface area contributed by atoms with Crippen LogP contribution in [0, 0.1) is 0 Å². The smallest absolute Gasteiger partial charge is 0.326 e. The first-order chi connectivity index (χ1) is 8.60. The lowest BCUT2D eigenvalue weighted by atomic mass is 10.1. The molecule has 0 aliphatic rings. The number of unbranched alkanes of at least 4 members (excludes halogenated alkanes) is 1. The van der Waals surface area contributed by atoms with Crippen molar-refractivity contribution in [3.05, 3.63) is 16.3 Å². The molecule has 1 heterocycles. The number of amides is 1. The Hall–Kier alpha value is -1.01. The van der Waals surface area contributed by atoms with Gasteiger partial charge < -0.3 is 10.4 Å². The fourth-order valence-corrected chi connectivity index (χ4v) is 3.17. The van der Waals surface area contributed by atoms with Gasteiger partial charge in [0, 0.05) is 4.90 Å². The molecule has 4 nitrogen and oxygen atoms in total. The first-order valence-corrected chi connectivity index (χ1v) is 7.85. The molecule has 0 saturated carbocycles. The molecule has 0 radical (unpaired) electrons. The second kappa shape index (κ2) is 7.43. The molecular formula is C12H17NO3S2. The van der Waals surface area contributed by atoms with Gasteiger partial charge in [-0.1, -0.05) is 19.8 Å². The van der Waals surface area contributed by atoms with E-state index in [0.29, 0.717) is 11.3 Å². The van der Waals surface area contributed by atoms with Gasteiger partial charge in [-0.25, -0.2) is 4.79 Å². The summed E-state index contributed by atoms with van der Waals surface area (Å²) in [7, 11) is 0. The van der Waals surface area contributed by atoms with Crippen LogP contribution in [0.4, 0.5) is 0 Å². The summed E-state index contributed by atoms with van der Waals surface area (Å²) in [5.74, 6) is -1.27. The largest absolute Gasteiger partial charge is 0.480 e. The highest BCUT2D eigenvalue weighted by atomic mass is 32.2. The summed E-state index contributed by atoms with van der Waals surface area (Å²) in [5, 5.41) is 13.5. The normalized spacial score (nSPS) is 12.1. The maximum absolute atomic E-state index is 12.0. The number of carboxylic acid groups (broad SMARTS) is 1. The highest BCUT2D eigenvalue weighted by Gasteiger charge is 2.21. The van der Waals surface area contributed by atoms with Crippen LogP contribution >= 0.6 is 23.1 Å². The number of hydrogen-bond acceptors (Lipinski definition) is 4. The van der Waals surface area contributed by atoms with Gasteiger partial charge >= 0.3 is 5.97 Å². The Balaban J connectivity index is 2.69. The Morgan fingerprint density at radius 1 is 1.56 bits per heavy atom. The van der Waals surface area contributed by atoms with Gasteiger partial charge in [-0.3, -0.25) is 4.79 Å². The van der Waals surface area contributed by atoms with Gasteiger partial charge in [-0.05, 0) is 24.1 Å². The minimum atomic E-state index is -0.973. The predicted molar refractivity (Wildman–Crippen MR) is 74.5 cm³/mol. The maximum atomic E-state index is 12.0. The summed E-state index contributed by atoms with van der Waals surface area (Å²) in [6.45, 7) is 1.99. The van der Waals surface area contributed by atoms with Crippen molar-refractivity contribution >= 4 is 35.0 Å². The standard InChI is InChI=1S/C12H17NO3S2/c1-3-4-5-8(12(15)16)13-11(14)10-9(17-2)6-7-18-10/h6-8H,3-5H2,1-2H3,(H,13,14)(H,15,16). The maximum Gasteiger partial charge on any atom is 0.326 e. The zero-order chi connectivity index (χ0) is 13.5. The molecule has 0 aliphatic carbocycles. The van der Waals surface area contributed by atoms with E-state index in [1.165, 1.54) is 23.1 Å². The van der Waals surface area contributed by atoms with Gasteiger partial charge in [0.1, 0.15) is 10.9 Å². The summed E-state index contributed by atoms with van der Waals surface area (Å²) < 4.78 is 0. The third kappa shape index (κ3) is 4.03. The molecule has 0 saturated heterocycles. The van der Waals surface area contributed by atoms with E-state index in [1.54, 1.807) is 0 Å². The molecule has 18 heavy (non-hydrogen) atoms.